The Hall–Kier alpha value is -0.240. The van der Waals surface area contributed by atoms with E-state index >= 15 is 0 Å². The van der Waals surface area contributed by atoms with Crippen molar-refractivity contribution < 1.29 is 13.9 Å². The first kappa shape index (κ1) is 15.2. The summed E-state index contributed by atoms with van der Waals surface area (Å²) in [5.41, 5.74) is 0.708. The van der Waals surface area contributed by atoms with Crippen molar-refractivity contribution in [2.24, 2.45) is 0 Å². The van der Waals surface area contributed by atoms with Crippen LogP contribution in [-0.2, 0) is 0 Å². The van der Waals surface area contributed by atoms with Gasteiger partial charge in [0.05, 0.1) is 0 Å². The third-order valence-electron chi connectivity index (χ3n) is 2.59. The molecular weight excluding hydrogens is 452 g/mol. The lowest BCUT2D eigenvalue weighted by molar-refractivity contribution is 0.218. The van der Waals surface area contributed by atoms with Crippen LogP contribution >= 0.6 is 50.1 Å². The van der Waals surface area contributed by atoms with Gasteiger partial charge in [0.1, 0.15) is 6.10 Å². The number of hydrogen-bond acceptors (Lipinski definition) is 1. The fourth-order valence-corrected chi connectivity index (χ4v) is 2.90. The average Bonchev–Trinajstić information content (AvgIpc) is 2.36. The molecule has 0 fully saturated rings. The van der Waals surface area contributed by atoms with E-state index in [-0.39, 0.29) is 10.6 Å². The highest BCUT2D eigenvalue weighted by Gasteiger charge is 2.19. The largest absolute Gasteiger partial charge is 0.384 e. The summed E-state index contributed by atoms with van der Waals surface area (Å²) in [6, 6.07) is 7.12. The summed E-state index contributed by atoms with van der Waals surface area (Å²) in [5.74, 6) is -2.08. The van der Waals surface area contributed by atoms with Gasteiger partial charge in [0, 0.05) is 18.6 Å². The van der Waals surface area contributed by atoms with Crippen molar-refractivity contribution in [1.82, 2.24) is 0 Å². The maximum Gasteiger partial charge on any atom is 0.160 e. The summed E-state index contributed by atoms with van der Waals surface area (Å²) in [7, 11) is 0. The van der Waals surface area contributed by atoms with Crippen LogP contribution in [0.2, 0.25) is 5.02 Å². The van der Waals surface area contributed by atoms with Crippen LogP contribution in [0.4, 0.5) is 8.78 Å². The molecule has 0 bridgehead atoms. The highest BCUT2D eigenvalue weighted by atomic mass is 127. The summed E-state index contributed by atoms with van der Waals surface area (Å²) in [6.07, 6.45) is -1.12. The second-order valence-electron chi connectivity index (χ2n) is 3.86. The van der Waals surface area contributed by atoms with Crippen LogP contribution in [0.1, 0.15) is 17.2 Å². The van der Waals surface area contributed by atoms with Crippen molar-refractivity contribution in [3.8, 4) is 0 Å². The molecular formula is C13H7BrClF2IO. The van der Waals surface area contributed by atoms with Gasteiger partial charge in [0.2, 0.25) is 0 Å². The minimum Gasteiger partial charge on any atom is -0.384 e. The summed E-state index contributed by atoms with van der Waals surface area (Å²) in [6.45, 7) is 0. The van der Waals surface area contributed by atoms with Gasteiger partial charge in [0.25, 0.3) is 0 Å². The topological polar surface area (TPSA) is 20.2 Å². The fourth-order valence-electron chi connectivity index (χ4n) is 1.64. The summed E-state index contributed by atoms with van der Waals surface area (Å²) < 4.78 is 27.9. The van der Waals surface area contributed by atoms with E-state index in [1.54, 1.807) is 12.1 Å². The third kappa shape index (κ3) is 3.26. The highest BCUT2D eigenvalue weighted by molar-refractivity contribution is 14.1. The molecule has 2 aromatic rings. The molecule has 19 heavy (non-hydrogen) atoms. The minimum atomic E-state index is -1.12. The van der Waals surface area contributed by atoms with E-state index in [2.05, 4.69) is 38.5 Å². The molecule has 0 aliphatic heterocycles. The van der Waals surface area contributed by atoms with Crippen molar-refractivity contribution in [2.45, 2.75) is 6.10 Å². The van der Waals surface area contributed by atoms with Gasteiger partial charge >= 0.3 is 0 Å². The normalized spacial score (nSPS) is 12.5. The fraction of sp³-hybridized carbons (Fsp3) is 0.0769. The molecule has 0 aliphatic rings. The second-order valence-corrected chi connectivity index (χ2v) is 6.34. The molecule has 1 atom stereocenters. The van der Waals surface area contributed by atoms with Crippen LogP contribution in [0.15, 0.2) is 34.8 Å². The molecule has 2 rings (SSSR count). The molecule has 1 unspecified atom stereocenters. The van der Waals surface area contributed by atoms with E-state index in [0.717, 1.165) is 20.2 Å². The van der Waals surface area contributed by atoms with Crippen molar-refractivity contribution >= 4 is 50.1 Å². The maximum absolute atomic E-state index is 13.3. The van der Waals surface area contributed by atoms with Gasteiger partial charge in [-0.3, -0.25) is 0 Å². The van der Waals surface area contributed by atoms with Crippen LogP contribution < -0.4 is 0 Å². The number of rotatable bonds is 2. The Morgan fingerprint density at radius 3 is 2.42 bits per heavy atom. The summed E-state index contributed by atoms with van der Waals surface area (Å²) >= 11 is 11.2. The lowest BCUT2D eigenvalue weighted by Crippen LogP contribution is -2.04. The lowest BCUT2D eigenvalue weighted by Gasteiger charge is -2.15. The standard InChI is InChI=1S/C13H7BrClF2IO/c14-6-1-2-12(18)8(3-6)13(19)7-4-10(16)11(17)5-9(7)15/h1-5,13,19H. The van der Waals surface area contributed by atoms with Crippen LogP contribution in [0.25, 0.3) is 0 Å². The zero-order valence-corrected chi connectivity index (χ0v) is 13.8. The molecule has 0 saturated carbocycles. The molecule has 0 radical (unpaired) electrons. The molecule has 1 N–H and O–H groups in total. The first-order valence-electron chi connectivity index (χ1n) is 5.17. The molecule has 0 saturated heterocycles. The minimum absolute atomic E-state index is 0.0119. The molecule has 0 heterocycles. The number of aliphatic hydroxyl groups is 1. The first-order valence-corrected chi connectivity index (χ1v) is 7.42. The Kier molecular flexibility index (Phi) is 4.81. The Morgan fingerprint density at radius 1 is 1.11 bits per heavy atom. The predicted molar refractivity (Wildman–Crippen MR) is 82.3 cm³/mol. The van der Waals surface area contributed by atoms with Crippen molar-refractivity contribution in [3.05, 3.63) is 66.2 Å². The summed E-state index contributed by atoms with van der Waals surface area (Å²) in [4.78, 5) is 0. The number of benzene rings is 2. The molecule has 0 spiro atoms. The zero-order chi connectivity index (χ0) is 14.2. The van der Waals surface area contributed by atoms with E-state index < -0.39 is 17.7 Å². The van der Waals surface area contributed by atoms with Crippen LogP contribution in [0, 0.1) is 15.2 Å². The van der Waals surface area contributed by atoms with Gasteiger partial charge in [0.15, 0.2) is 11.6 Å². The average molecular weight is 459 g/mol. The molecule has 0 amide bonds. The van der Waals surface area contributed by atoms with Crippen molar-refractivity contribution in [3.63, 3.8) is 0 Å². The van der Waals surface area contributed by atoms with Crippen LogP contribution in [-0.4, -0.2) is 5.11 Å². The first-order chi connectivity index (χ1) is 8.90. The quantitative estimate of drug-likeness (QED) is 0.491. The van der Waals surface area contributed by atoms with Crippen LogP contribution in [0.3, 0.4) is 0 Å². The van der Waals surface area contributed by atoms with E-state index in [0.29, 0.717) is 5.56 Å². The molecule has 0 aromatic heterocycles. The van der Waals surface area contributed by atoms with E-state index in [9.17, 15) is 13.9 Å². The second kappa shape index (κ2) is 6.03. The Balaban J connectivity index is 2.52. The molecule has 0 aliphatic carbocycles. The number of hydrogen-bond donors (Lipinski definition) is 1. The SMILES string of the molecule is OC(c1cc(F)c(F)cc1Cl)c1cc(Br)ccc1I. The predicted octanol–water partition coefficient (Wildman–Crippen LogP) is 5.07. The third-order valence-corrected chi connectivity index (χ3v) is 4.39. The zero-order valence-electron chi connectivity index (χ0n) is 9.30. The monoisotopic (exact) mass is 458 g/mol. The molecule has 2 aromatic carbocycles. The number of aliphatic hydroxyl groups excluding tert-OH is 1. The highest BCUT2D eigenvalue weighted by Crippen LogP contribution is 2.33. The number of halogens is 5. The van der Waals surface area contributed by atoms with Crippen LogP contribution in [0.5, 0.6) is 0 Å². The maximum atomic E-state index is 13.3. The van der Waals surface area contributed by atoms with Gasteiger partial charge < -0.3 is 5.11 Å². The van der Waals surface area contributed by atoms with E-state index in [4.69, 9.17) is 11.6 Å². The molecule has 100 valence electrons. The Morgan fingerprint density at radius 2 is 1.74 bits per heavy atom. The Bertz CT molecular complexity index is 636. The molecule has 1 nitrogen and oxygen atoms in total. The smallest absolute Gasteiger partial charge is 0.160 e. The summed E-state index contributed by atoms with van der Waals surface area (Å²) in [5, 5.41) is 10.3. The van der Waals surface area contributed by atoms with Gasteiger partial charge in [-0.25, -0.2) is 8.78 Å². The van der Waals surface area contributed by atoms with Gasteiger partial charge in [-0.15, -0.1) is 0 Å². The Labute approximate surface area is 135 Å². The van der Waals surface area contributed by atoms with Crippen molar-refractivity contribution in [1.29, 1.82) is 0 Å². The van der Waals surface area contributed by atoms with Crippen molar-refractivity contribution in [2.75, 3.05) is 0 Å². The molecule has 6 heteroatoms. The van der Waals surface area contributed by atoms with E-state index in [1.165, 1.54) is 0 Å². The van der Waals surface area contributed by atoms with E-state index in [1.807, 2.05) is 6.07 Å². The van der Waals surface area contributed by atoms with Gasteiger partial charge in [-0.1, -0.05) is 27.5 Å². The van der Waals surface area contributed by atoms with Gasteiger partial charge in [-0.05, 0) is 58.5 Å². The van der Waals surface area contributed by atoms with Gasteiger partial charge in [-0.2, -0.15) is 0 Å². The lowest BCUT2D eigenvalue weighted by atomic mass is 10.0.